The van der Waals surface area contributed by atoms with Gasteiger partial charge in [-0.25, -0.2) is 9.78 Å². The number of carbonyl (C=O) groups excluding carboxylic acids is 2. The Morgan fingerprint density at radius 2 is 2.04 bits per heavy atom. The molecule has 3 rings (SSSR count). The molecule has 0 bridgehead atoms. The molecule has 150 valence electrons. The fourth-order valence-electron chi connectivity index (χ4n) is 3.30. The summed E-state index contributed by atoms with van der Waals surface area (Å²) < 4.78 is 5.01. The molecule has 6 heteroatoms. The van der Waals surface area contributed by atoms with Crippen molar-refractivity contribution in [3.8, 4) is 0 Å². The zero-order chi connectivity index (χ0) is 20.1. The summed E-state index contributed by atoms with van der Waals surface area (Å²) in [5.41, 5.74) is 1.56. The number of rotatable bonds is 9. The van der Waals surface area contributed by atoms with Gasteiger partial charge in [0.1, 0.15) is 5.01 Å². The van der Waals surface area contributed by atoms with Crippen molar-refractivity contribution in [3.05, 3.63) is 52.0 Å². The first kappa shape index (κ1) is 20.5. The van der Waals surface area contributed by atoms with Gasteiger partial charge in [-0.05, 0) is 37.2 Å². The quantitative estimate of drug-likeness (QED) is 0.582. The van der Waals surface area contributed by atoms with Crippen LogP contribution in [0.1, 0.15) is 60.6 Å². The van der Waals surface area contributed by atoms with E-state index in [0.29, 0.717) is 37.2 Å². The van der Waals surface area contributed by atoms with E-state index >= 15 is 0 Å². The third-order valence-electron chi connectivity index (χ3n) is 4.99. The number of hydrogen-bond donors (Lipinski definition) is 0. The molecule has 1 aromatic carbocycles. The van der Waals surface area contributed by atoms with Gasteiger partial charge in [0, 0.05) is 17.8 Å². The summed E-state index contributed by atoms with van der Waals surface area (Å²) in [7, 11) is 0. The summed E-state index contributed by atoms with van der Waals surface area (Å²) in [6.07, 6.45) is 1.86. The second-order valence-electron chi connectivity index (χ2n) is 7.65. The molecule has 0 saturated heterocycles. The van der Waals surface area contributed by atoms with Gasteiger partial charge in [0.05, 0.1) is 13.2 Å². The summed E-state index contributed by atoms with van der Waals surface area (Å²) in [6.45, 7) is 7.59. The van der Waals surface area contributed by atoms with Gasteiger partial charge < -0.3 is 9.64 Å². The predicted octanol–water partition coefficient (Wildman–Crippen LogP) is 4.50. The normalized spacial score (nSPS) is 18.1. The lowest BCUT2D eigenvalue weighted by molar-refractivity contribution is -0.133. The maximum atomic E-state index is 13.2. The van der Waals surface area contributed by atoms with Crippen molar-refractivity contribution in [2.24, 2.45) is 11.8 Å². The van der Waals surface area contributed by atoms with Crippen LogP contribution in [0.4, 0.5) is 0 Å². The van der Waals surface area contributed by atoms with Crippen LogP contribution >= 0.6 is 11.3 Å². The summed E-state index contributed by atoms with van der Waals surface area (Å²) in [6, 6.07) is 10.3. The van der Waals surface area contributed by atoms with Crippen LogP contribution in [-0.2, 0) is 16.1 Å². The number of aromatic nitrogens is 1. The van der Waals surface area contributed by atoms with Crippen molar-refractivity contribution in [3.63, 3.8) is 0 Å². The molecule has 1 aliphatic rings. The van der Waals surface area contributed by atoms with Crippen LogP contribution in [0.3, 0.4) is 0 Å². The Hall–Kier alpha value is -2.21. The van der Waals surface area contributed by atoms with Crippen LogP contribution in [0.5, 0.6) is 0 Å². The number of thiazole rings is 1. The van der Waals surface area contributed by atoms with Crippen molar-refractivity contribution >= 4 is 23.2 Å². The predicted molar refractivity (Wildman–Crippen MR) is 110 cm³/mol. The standard InChI is InChI=1S/C22H28N2O3S/c1-4-27-22(26)19-14-28-20(23-19)13-24(11-10-15(2)3)21(25)18-12-17(18)16-8-6-5-7-9-16/h5-9,14-15,17-18H,4,10-13H2,1-3H3. The molecule has 2 atom stereocenters. The molecule has 2 unspecified atom stereocenters. The maximum Gasteiger partial charge on any atom is 0.357 e. The molecule has 1 aliphatic carbocycles. The number of amides is 1. The number of carbonyl (C=O) groups is 2. The fourth-order valence-corrected chi connectivity index (χ4v) is 4.08. The first-order valence-electron chi connectivity index (χ1n) is 9.94. The Balaban J connectivity index is 1.67. The molecule has 1 aromatic heterocycles. The van der Waals surface area contributed by atoms with Crippen molar-refractivity contribution in [1.82, 2.24) is 9.88 Å². The van der Waals surface area contributed by atoms with E-state index in [2.05, 4.69) is 31.0 Å². The number of ether oxygens (including phenoxy) is 1. The van der Waals surface area contributed by atoms with E-state index in [4.69, 9.17) is 4.74 Å². The highest BCUT2D eigenvalue weighted by molar-refractivity contribution is 7.09. The Morgan fingerprint density at radius 1 is 1.29 bits per heavy atom. The molecular formula is C22H28N2O3S. The van der Waals surface area contributed by atoms with Gasteiger partial charge >= 0.3 is 5.97 Å². The van der Waals surface area contributed by atoms with E-state index in [1.807, 2.05) is 23.1 Å². The second kappa shape index (κ2) is 9.32. The van der Waals surface area contributed by atoms with Gasteiger partial charge in [0.15, 0.2) is 5.69 Å². The second-order valence-corrected chi connectivity index (χ2v) is 8.59. The molecule has 1 saturated carbocycles. The minimum Gasteiger partial charge on any atom is -0.461 e. The van der Waals surface area contributed by atoms with Gasteiger partial charge in [-0.3, -0.25) is 4.79 Å². The third kappa shape index (κ3) is 5.19. The van der Waals surface area contributed by atoms with Gasteiger partial charge in [0.2, 0.25) is 5.91 Å². The highest BCUT2D eigenvalue weighted by atomic mass is 32.1. The average Bonchev–Trinajstić information content (AvgIpc) is 3.35. The zero-order valence-electron chi connectivity index (χ0n) is 16.8. The minimum absolute atomic E-state index is 0.0547. The molecule has 0 aliphatic heterocycles. The Labute approximate surface area is 170 Å². The minimum atomic E-state index is -0.406. The zero-order valence-corrected chi connectivity index (χ0v) is 17.6. The van der Waals surface area contributed by atoms with Gasteiger partial charge in [-0.1, -0.05) is 44.2 Å². The fraction of sp³-hybridized carbons (Fsp3) is 0.500. The first-order valence-corrected chi connectivity index (χ1v) is 10.8. The average molecular weight is 401 g/mol. The van der Waals surface area contributed by atoms with E-state index < -0.39 is 5.97 Å². The van der Waals surface area contributed by atoms with E-state index in [1.165, 1.54) is 16.9 Å². The molecule has 1 heterocycles. The third-order valence-corrected chi connectivity index (χ3v) is 5.82. The van der Waals surface area contributed by atoms with E-state index in [-0.39, 0.29) is 11.8 Å². The monoisotopic (exact) mass is 400 g/mol. The lowest BCUT2D eigenvalue weighted by Crippen LogP contribution is -2.33. The van der Waals surface area contributed by atoms with Crippen LogP contribution < -0.4 is 0 Å². The Kier molecular flexibility index (Phi) is 6.83. The first-order chi connectivity index (χ1) is 13.5. The summed E-state index contributed by atoms with van der Waals surface area (Å²) in [4.78, 5) is 31.3. The van der Waals surface area contributed by atoms with Crippen molar-refractivity contribution in [2.45, 2.75) is 46.1 Å². The van der Waals surface area contributed by atoms with Gasteiger partial charge in [-0.15, -0.1) is 11.3 Å². The lowest BCUT2D eigenvalue weighted by atomic mass is 10.1. The topological polar surface area (TPSA) is 59.5 Å². The number of nitrogens with zero attached hydrogens (tertiary/aromatic N) is 2. The molecule has 1 fully saturated rings. The van der Waals surface area contributed by atoms with E-state index in [0.717, 1.165) is 17.8 Å². The van der Waals surface area contributed by atoms with E-state index in [9.17, 15) is 9.59 Å². The molecule has 5 nitrogen and oxygen atoms in total. The molecule has 28 heavy (non-hydrogen) atoms. The number of esters is 1. The molecule has 1 amide bonds. The van der Waals surface area contributed by atoms with Crippen LogP contribution in [0.15, 0.2) is 35.7 Å². The molecule has 0 radical (unpaired) electrons. The number of benzene rings is 1. The smallest absolute Gasteiger partial charge is 0.357 e. The lowest BCUT2D eigenvalue weighted by Gasteiger charge is -2.23. The number of hydrogen-bond acceptors (Lipinski definition) is 5. The van der Waals surface area contributed by atoms with Crippen LogP contribution in [0.2, 0.25) is 0 Å². The van der Waals surface area contributed by atoms with Crippen molar-refractivity contribution in [2.75, 3.05) is 13.2 Å². The Morgan fingerprint density at radius 3 is 2.71 bits per heavy atom. The summed E-state index contributed by atoms with van der Waals surface area (Å²) in [5.74, 6) is 0.685. The van der Waals surface area contributed by atoms with E-state index in [1.54, 1.807) is 12.3 Å². The summed E-state index contributed by atoms with van der Waals surface area (Å²) >= 11 is 1.41. The Bertz CT molecular complexity index is 803. The van der Waals surface area contributed by atoms with Crippen molar-refractivity contribution < 1.29 is 14.3 Å². The highest BCUT2D eigenvalue weighted by Crippen LogP contribution is 2.48. The van der Waals surface area contributed by atoms with Crippen LogP contribution in [0.25, 0.3) is 0 Å². The largest absolute Gasteiger partial charge is 0.461 e. The maximum absolute atomic E-state index is 13.2. The van der Waals surface area contributed by atoms with Crippen molar-refractivity contribution in [1.29, 1.82) is 0 Å². The van der Waals surface area contributed by atoms with Crippen LogP contribution in [0, 0.1) is 11.8 Å². The molecular weight excluding hydrogens is 372 g/mol. The van der Waals surface area contributed by atoms with Crippen LogP contribution in [-0.4, -0.2) is 34.9 Å². The van der Waals surface area contributed by atoms with Gasteiger partial charge in [0.25, 0.3) is 0 Å². The molecule has 0 N–H and O–H groups in total. The summed E-state index contributed by atoms with van der Waals surface area (Å²) in [5, 5.41) is 2.49. The van der Waals surface area contributed by atoms with Gasteiger partial charge in [-0.2, -0.15) is 0 Å². The molecule has 2 aromatic rings. The SMILES string of the molecule is CCOC(=O)c1csc(CN(CCC(C)C)C(=O)C2CC2c2ccccc2)n1. The highest BCUT2D eigenvalue weighted by Gasteiger charge is 2.45. The molecule has 0 spiro atoms.